The number of methoxy groups -OCH3 is 2. The third-order valence-corrected chi connectivity index (χ3v) is 4.91. The van der Waals surface area contributed by atoms with E-state index in [4.69, 9.17) is 25.8 Å². The number of rotatable bonds is 6. The van der Waals surface area contributed by atoms with Crippen molar-refractivity contribution in [3.63, 3.8) is 0 Å². The van der Waals surface area contributed by atoms with Crippen LogP contribution in [0.2, 0.25) is 5.02 Å². The summed E-state index contributed by atoms with van der Waals surface area (Å²) in [5.41, 5.74) is 1.81. The first-order valence-corrected chi connectivity index (χ1v) is 9.36. The highest BCUT2D eigenvalue weighted by molar-refractivity contribution is 6.32. The van der Waals surface area contributed by atoms with Crippen LogP contribution in [0.1, 0.15) is 24.1 Å². The molecule has 0 aliphatic carbocycles. The minimum atomic E-state index is -0.839. The number of halogens is 1. The smallest absolute Gasteiger partial charge is 0.338 e. The van der Waals surface area contributed by atoms with Crippen molar-refractivity contribution in [3.05, 3.63) is 63.8 Å². The Hall–Kier alpha value is -3.39. The number of urea groups is 1. The van der Waals surface area contributed by atoms with E-state index in [1.807, 2.05) is 0 Å². The molecular formula is C21H21ClN2O6. The average Bonchev–Trinajstić information content (AvgIpc) is 2.73. The third kappa shape index (κ3) is 4.44. The summed E-state index contributed by atoms with van der Waals surface area (Å²) in [6, 6.07) is 8.75. The van der Waals surface area contributed by atoms with Crippen LogP contribution in [-0.2, 0) is 16.1 Å². The fourth-order valence-corrected chi connectivity index (χ4v) is 3.30. The van der Waals surface area contributed by atoms with E-state index in [1.165, 1.54) is 19.2 Å². The molecule has 3 rings (SSSR count). The summed E-state index contributed by atoms with van der Waals surface area (Å²) in [7, 11) is 2.95. The van der Waals surface area contributed by atoms with Crippen LogP contribution in [0.3, 0.4) is 0 Å². The van der Waals surface area contributed by atoms with Gasteiger partial charge in [-0.2, -0.15) is 0 Å². The van der Waals surface area contributed by atoms with E-state index < -0.39 is 18.0 Å². The molecule has 0 saturated carbocycles. The number of carbonyl (C=O) groups is 2. The molecule has 2 amide bonds. The van der Waals surface area contributed by atoms with Gasteiger partial charge in [-0.3, -0.25) is 0 Å². The second-order valence-corrected chi connectivity index (χ2v) is 6.96. The van der Waals surface area contributed by atoms with E-state index in [2.05, 4.69) is 10.6 Å². The van der Waals surface area contributed by atoms with Crippen molar-refractivity contribution in [2.75, 3.05) is 14.2 Å². The standard InChI is InChI=1S/C21H21ClN2O6/c1-11-17(20(26)30-10-12-4-6-14(28-2)7-5-12)18(24-21(27)23-11)13-8-15(22)19(25)16(9-13)29-3/h4-9,18,25H,10H2,1-3H3,(H2,23,24,27). The normalized spacial score (nSPS) is 15.9. The zero-order valence-electron chi connectivity index (χ0n) is 16.6. The van der Waals surface area contributed by atoms with Gasteiger partial charge in [0.25, 0.3) is 0 Å². The number of phenols is 1. The van der Waals surface area contributed by atoms with Gasteiger partial charge < -0.3 is 30.0 Å². The van der Waals surface area contributed by atoms with E-state index in [9.17, 15) is 14.7 Å². The van der Waals surface area contributed by atoms with Gasteiger partial charge in [0.1, 0.15) is 12.4 Å². The van der Waals surface area contributed by atoms with Gasteiger partial charge in [-0.15, -0.1) is 0 Å². The van der Waals surface area contributed by atoms with Gasteiger partial charge in [-0.05, 0) is 42.3 Å². The van der Waals surface area contributed by atoms with Crippen molar-refractivity contribution in [1.82, 2.24) is 10.6 Å². The van der Waals surface area contributed by atoms with Crippen LogP contribution in [0.15, 0.2) is 47.7 Å². The molecule has 1 atom stereocenters. The van der Waals surface area contributed by atoms with E-state index in [-0.39, 0.29) is 28.7 Å². The quantitative estimate of drug-likeness (QED) is 0.604. The van der Waals surface area contributed by atoms with Crippen LogP contribution in [0.5, 0.6) is 17.2 Å². The van der Waals surface area contributed by atoms with E-state index in [0.29, 0.717) is 17.0 Å². The molecule has 8 nitrogen and oxygen atoms in total. The Morgan fingerprint density at radius 1 is 1.17 bits per heavy atom. The van der Waals surface area contributed by atoms with Crippen molar-refractivity contribution >= 4 is 23.6 Å². The van der Waals surface area contributed by atoms with Gasteiger partial charge in [-0.1, -0.05) is 23.7 Å². The van der Waals surface area contributed by atoms with Crippen LogP contribution in [0.25, 0.3) is 0 Å². The average molecular weight is 433 g/mol. The number of carbonyl (C=O) groups excluding carboxylic acids is 2. The van der Waals surface area contributed by atoms with Crippen molar-refractivity contribution in [2.45, 2.75) is 19.6 Å². The van der Waals surface area contributed by atoms with Crippen LogP contribution >= 0.6 is 11.6 Å². The van der Waals surface area contributed by atoms with Crippen molar-refractivity contribution in [2.24, 2.45) is 0 Å². The molecule has 0 aromatic heterocycles. The molecule has 2 aromatic rings. The number of phenolic OH excluding ortho intramolecular Hbond substituents is 1. The summed E-state index contributed by atoms with van der Waals surface area (Å²) >= 11 is 6.08. The molecule has 9 heteroatoms. The Balaban J connectivity index is 1.87. The minimum absolute atomic E-state index is 0.0285. The van der Waals surface area contributed by atoms with Crippen LogP contribution in [0.4, 0.5) is 4.79 Å². The van der Waals surface area contributed by atoms with E-state index in [1.54, 1.807) is 38.3 Å². The molecule has 1 unspecified atom stereocenters. The fraction of sp³-hybridized carbons (Fsp3) is 0.238. The highest BCUT2D eigenvalue weighted by atomic mass is 35.5. The second kappa shape index (κ2) is 8.96. The number of ether oxygens (including phenoxy) is 3. The molecule has 1 aliphatic rings. The maximum Gasteiger partial charge on any atom is 0.338 e. The molecule has 1 heterocycles. The van der Waals surface area contributed by atoms with Crippen LogP contribution < -0.4 is 20.1 Å². The number of esters is 1. The van der Waals surface area contributed by atoms with Gasteiger partial charge in [0.05, 0.1) is 30.9 Å². The number of benzene rings is 2. The van der Waals surface area contributed by atoms with Crippen molar-refractivity contribution in [3.8, 4) is 17.2 Å². The first-order chi connectivity index (χ1) is 14.3. The molecule has 2 aromatic carbocycles. The molecule has 0 fully saturated rings. The third-order valence-electron chi connectivity index (χ3n) is 4.62. The summed E-state index contributed by atoms with van der Waals surface area (Å²) in [5, 5.41) is 15.3. The molecule has 30 heavy (non-hydrogen) atoms. The molecule has 0 bridgehead atoms. The number of hydrogen-bond donors (Lipinski definition) is 3. The monoisotopic (exact) mass is 432 g/mol. The fourth-order valence-electron chi connectivity index (χ4n) is 3.08. The predicted octanol–water partition coefficient (Wildman–Crippen LogP) is 3.43. The highest BCUT2D eigenvalue weighted by Gasteiger charge is 2.33. The number of amides is 2. The zero-order valence-corrected chi connectivity index (χ0v) is 17.4. The Morgan fingerprint density at radius 2 is 1.87 bits per heavy atom. The number of hydrogen-bond acceptors (Lipinski definition) is 6. The molecule has 3 N–H and O–H groups in total. The second-order valence-electron chi connectivity index (χ2n) is 6.55. The number of nitrogens with one attached hydrogen (secondary N) is 2. The summed E-state index contributed by atoms with van der Waals surface area (Å²) in [4.78, 5) is 24.9. The maximum atomic E-state index is 12.9. The molecule has 158 valence electrons. The lowest BCUT2D eigenvalue weighted by Gasteiger charge is -2.28. The summed E-state index contributed by atoms with van der Waals surface area (Å²) in [6.45, 7) is 1.65. The minimum Gasteiger partial charge on any atom is -0.503 e. The molecule has 0 saturated heterocycles. The highest BCUT2D eigenvalue weighted by Crippen LogP contribution is 2.39. The lowest BCUT2D eigenvalue weighted by Crippen LogP contribution is -2.45. The lowest BCUT2D eigenvalue weighted by atomic mass is 9.95. The maximum absolute atomic E-state index is 12.9. The first-order valence-electron chi connectivity index (χ1n) is 8.98. The van der Waals surface area contributed by atoms with E-state index in [0.717, 1.165) is 5.56 Å². The largest absolute Gasteiger partial charge is 0.503 e. The molecule has 1 aliphatic heterocycles. The van der Waals surface area contributed by atoms with Crippen molar-refractivity contribution < 1.29 is 28.9 Å². The Morgan fingerprint density at radius 3 is 2.50 bits per heavy atom. The molecule has 0 radical (unpaired) electrons. The lowest BCUT2D eigenvalue weighted by molar-refractivity contribution is -0.140. The SMILES string of the molecule is COc1ccc(COC(=O)C2=C(C)NC(=O)NC2c2cc(Cl)c(O)c(OC)c2)cc1. The van der Waals surface area contributed by atoms with Gasteiger partial charge in [-0.25, -0.2) is 9.59 Å². The van der Waals surface area contributed by atoms with E-state index >= 15 is 0 Å². The van der Waals surface area contributed by atoms with Gasteiger partial charge in [0.15, 0.2) is 11.5 Å². The van der Waals surface area contributed by atoms with Gasteiger partial charge in [0, 0.05) is 5.70 Å². The summed E-state index contributed by atoms with van der Waals surface area (Å²) < 4.78 is 15.7. The van der Waals surface area contributed by atoms with Crippen molar-refractivity contribution in [1.29, 1.82) is 0 Å². The summed E-state index contributed by atoms with van der Waals surface area (Å²) in [5.74, 6) is -0.0218. The van der Waals surface area contributed by atoms with Crippen LogP contribution in [0, 0.1) is 0 Å². The Labute approximate surface area is 178 Å². The summed E-state index contributed by atoms with van der Waals surface area (Å²) in [6.07, 6.45) is 0. The van der Waals surface area contributed by atoms with Gasteiger partial charge >= 0.3 is 12.0 Å². The van der Waals surface area contributed by atoms with Gasteiger partial charge in [0.2, 0.25) is 0 Å². The Kier molecular flexibility index (Phi) is 6.37. The first kappa shape index (κ1) is 21.3. The Bertz CT molecular complexity index is 1000. The number of aromatic hydroxyl groups is 1. The predicted molar refractivity (Wildman–Crippen MR) is 110 cm³/mol. The topological polar surface area (TPSA) is 106 Å². The molecule has 0 spiro atoms. The number of allylic oxidation sites excluding steroid dienone is 1. The zero-order chi connectivity index (χ0) is 21.8. The molecular weight excluding hydrogens is 412 g/mol. The van der Waals surface area contributed by atoms with Crippen LogP contribution in [-0.4, -0.2) is 31.3 Å².